The molecule has 6 nitrogen and oxygen atoms in total. The van der Waals surface area contributed by atoms with E-state index in [2.05, 4.69) is 36.2 Å². The molecule has 1 aromatic rings. The number of pyridine rings is 1. The number of aromatic nitrogens is 1. The fourth-order valence-electron chi connectivity index (χ4n) is 4.62. The Bertz CT molecular complexity index is 767. The molecule has 0 saturated carbocycles. The lowest BCUT2D eigenvalue weighted by Gasteiger charge is -2.47. The van der Waals surface area contributed by atoms with Crippen molar-refractivity contribution in [3.63, 3.8) is 0 Å². The second kappa shape index (κ2) is 9.52. The van der Waals surface area contributed by atoms with E-state index in [-0.39, 0.29) is 17.5 Å². The molecule has 6 heteroatoms. The molecule has 0 aliphatic carbocycles. The van der Waals surface area contributed by atoms with Gasteiger partial charge in [-0.3, -0.25) is 9.59 Å². The molecule has 3 rings (SSSR count). The molecule has 154 valence electrons. The van der Waals surface area contributed by atoms with Crippen molar-refractivity contribution >= 4 is 5.91 Å². The van der Waals surface area contributed by atoms with Crippen LogP contribution in [0.3, 0.4) is 0 Å². The molecule has 1 N–H and O–H groups in total. The van der Waals surface area contributed by atoms with Gasteiger partial charge in [-0.2, -0.15) is 0 Å². The van der Waals surface area contributed by atoms with Gasteiger partial charge in [-0.05, 0) is 38.7 Å². The average molecular weight is 388 g/mol. The van der Waals surface area contributed by atoms with Gasteiger partial charge >= 0.3 is 0 Å². The summed E-state index contributed by atoms with van der Waals surface area (Å²) < 4.78 is 6.93. The fraction of sp³-hybridized carbons (Fsp3) is 0.636. The summed E-state index contributed by atoms with van der Waals surface area (Å²) in [6.45, 7) is 8.21. The van der Waals surface area contributed by atoms with Gasteiger partial charge in [0.05, 0.1) is 12.6 Å². The highest BCUT2D eigenvalue weighted by Gasteiger charge is 2.40. The van der Waals surface area contributed by atoms with Gasteiger partial charge in [-0.25, -0.2) is 0 Å². The second-order valence-corrected chi connectivity index (χ2v) is 8.30. The number of methoxy groups -OCH3 is 1. The van der Waals surface area contributed by atoms with E-state index in [4.69, 9.17) is 4.74 Å². The van der Waals surface area contributed by atoms with Crippen LogP contribution in [0.1, 0.15) is 50.8 Å². The number of nitrogens with zero attached hydrogens (tertiary/aromatic N) is 2. The first-order valence-electron chi connectivity index (χ1n) is 10.3. The zero-order chi connectivity index (χ0) is 20.1. The van der Waals surface area contributed by atoms with Gasteiger partial charge in [-0.1, -0.05) is 17.7 Å². The summed E-state index contributed by atoms with van der Waals surface area (Å²) >= 11 is 0. The van der Waals surface area contributed by atoms with Crippen LogP contribution in [-0.2, 0) is 9.53 Å². The normalized spacial score (nSPS) is 23.8. The molecule has 1 aromatic heterocycles. The largest absolute Gasteiger partial charge is 0.384 e. The highest BCUT2D eigenvalue weighted by atomic mass is 16.5. The first-order valence-corrected chi connectivity index (χ1v) is 10.3. The molecule has 1 saturated heterocycles. The summed E-state index contributed by atoms with van der Waals surface area (Å²) in [7, 11) is 1.59. The van der Waals surface area contributed by atoms with E-state index >= 15 is 0 Å². The quantitative estimate of drug-likeness (QED) is 0.696. The summed E-state index contributed by atoms with van der Waals surface area (Å²) in [5.41, 5.74) is 2.51. The third-order valence-electron chi connectivity index (χ3n) is 5.91. The molecule has 28 heavy (non-hydrogen) atoms. The summed E-state index contributed by atoms with van der Waals surface area (Å²) in [4.78, 5) is 27.3. The maximum absolute atomic E-state index is 12.7. The average Bonchev–Trinajstić information content (AvgIpc) is 2.66. The highest BCUT2D eigenvalue weighted by molar-refractivity contribution is 5.75. The summed E-state index contributed by atoms with van der Waals surface area (Å²) in [5.74, 6) is 0.742. The Morgan fingerprint density at radius 1 is 1.32 bits per heavy atom. The molecular formula is C22H33N3O3. The van der Waals surface area contributed by atoms with Crippen molar-refractivity contribution in [2.75, 3.05) is 39.9 Å². The van der Waals surface area contributed by atoms with Crippen LogP contribution in [0.2, 0.25) is 0 Å². The van der Waals surface area contributed by atoms with Gasteiger partial charge in [-0.15, -0.1) is 0 Å². The molecule has 2 aliphatic heterocycles. The van der Waals surface area contributed by atoms with E-state index in [1.807, 2.05) is 10.6 Å². The summed E-state index contributed by atoms with van der Waals surface area (Å²) in [6, 6.07) is 5.60. The number of allylic oxidation sites excluding steroid dienone is 1. The van der Waals surface area contributed by atoms with E-state index < -0.39 is 0 Å². The predicted molar refractivity (Wildman–Crippen MR) is 111 cm³/mol. The van der Waals surface area contributed by atoms with Crippen LogP contribution in [0.25, 0.3) is 0 Å². The molecule has 0 spiro atoms. The first-order chi connectivity index (χ1) is 13.5. The number of carbonyl (C=O) groups excluding carboxylic acids is 1. The Morgan fingerprint density at radius 3 is 2.89 bits per heavy atom. The minimum Gasteiger partial charge on any atom is -0.384 e. The minimum absolute atomic E-state index is 0.0118. The number of fused-ring (bicyclic) bond motifs is 4. The molecule has 2 bridgehead atoms. The number of hydrogen-bond acceptors (Lipinski definition) is 4. The Kier molecular flexibility index (Phi) is 7.08. The van der Waals surface area contributed by atoms with Crippen LogP contribution in [0.15, 0.2) is 34.6 Å². The Hall–Kier alpha value is -1.92. The zero-order valence-corrected chi connectivity index (χ0v) is 17.3. The maximum Gasteiger partial charge on any atom is 0.251 e. The van der Waals surface area contributed by atoms with Gasteiger partial charge in [0, 0.05) is 57.4 Å². The van der Waals surface area contributed by atoms with Gasteiger partial charge in [0.25, 0.3) is 5.56 Å². The lowest BCUT2D eigenvalue weighted by Crippen LogP contribution is -2.52. The minimum atomic E-state index is -0.0225. The van der Waals surface area contributed by atoms with Crippen molar-refractivity contribution in [1.82, 2.24) is 14.8 Å². The summed E-state index contributed by atoms with van der Waals surface area (Å²) in [6.07, 6.45) is 4.78. The van der Waals surface area contributed by atoms with E-state index in [0.29, 0.717) is 31.4 Å². The first kappa shape index (κ1) is 20.8. The third-order valence-corrected chi connectivity index (χ3v) is 5.91. The van der Waals surface area contributed by atoms with Crippen LogP contribution in [0.5, 0.6) is 0 Å². The van der Waals surface area contributed by atoms with E-state index in [9.17, 15) is 9.59 Å². The Morgan fingerprint density at radius 2 is 2.14 bits per heavy atom. The molecule has 0 radical (unpaired) electrons. The number of hydrogen-bond donors (Lipinski definition) is 1. The van der Waals surface area contributed by atoms with Crippen LogP contribution < -0.4 is 10.9 Å². The fourth-order valence-corrected chi connectivity index (χ4v) is 4.62. The van der Waals surface area contributed by atoms with Crippen molar-refractivity contribution < 1.29 is 9.53 Å². The predicted octanol–water partition coefficient (Wildman–Crippen LogP) is 2.32. The van der Waals surface area contributed by atoms with Crippen LogP contribution >= 0.6 is 0 Å². The lowest BCUT2D eigenvalue weighted by atomic mass is 9.78. The van der Waals surface area contributed by atoms with Crippen molar-refractivity contribution in [3.05, 3.63) is 45.9 Å². The van der Waals surface area contributed by atoms with E-state index in [1.165, 1.54) is 5.57 Å². The number of ether oxygens (including phenoxy) is 1. The third kappa shape index (κ3) is 4.92. The molecule has 3 atom stereocenters. The van der Waals surface area contributed by atoms with Crippen molar-refractivity contribution in [3.8, 4) is 0 Å². The maximum atomic E-state index is 12.7. The smallest absolute Gasteiger partial charge is 0.251 e. The molecule has 1 amide bonds. The topological polar surface area (TPSA) is 63.6 Å². The lowest BCUT2D eigenvalue weighted by molar-refractivity contribution is -0.122. The number of likely N-dealkylation sites (tertiary alicyclic amines) is 1. The number of piperidine rings is 1. The molecule has 0 aromatic carbocycles. The van der Waals surface area contributed by atoms with Gasteiger partial charge in [0.2, 0.25) is 5.91 Å². The molecule has 3 heterocycles. The van der Waals surface area contributed by atoms with E-state index in [0.717, 1.165) is 38.2 Å². The number of amides is 1. The van der Waals surface area contributed by atoms with Crippen LogP contribution in [0.4, 0.5) is 0 Å². The number of rotatable bonds is 8. The molecule has 1 fully saturated rings. The van der Waals surface area contributed by atoms with Gasteiger partial charge in [0.15, 0.2) is 0 Å². The molecular weight excluding hydrogens is 354 g/mol. The monoisotopic (exact) mass is 387 g/mol. The zero-order valence-electron chi connectivity index (χ0n) is 17.3. The molecule has 2 aliphatic rings. The van der Waals surface area contributed by atoms with Crippen LogP contribution in [0, 0.1) is 5.92 Å². The highest BCUT2D eigenvalue weighted by Crippen LogP contribution is 2.40. The molecule has 0 unspecified atom stereocenters. The van der Waals surface area contributed by atoms with Crippen LogP contribution in [-0.4, -0.2) is 55.3 Å². The SMILES string of the molecule is COCCC(=O)NC[C@H]1[C@H]2C[C@H](CN(CCC=C(C)C)C2)c2cccc(=O)n21. The summed E-state index contributed by atoms with van der Waals surface area (Å²) in [5, 5.41) is 3.02. The van der Waals surface area contributed by atoms with E-state index in [1.54, 1.807) is 13.2 Å². The Labute approximate surface area is 167 Å². The van der Waals surface area contributed by atoms with Gasteiger partial charge < -0.3 is 19.5 Å². The second-order valence-electron chi connectivity index (χ2n) is 8.30. The number of nitrogens with one attached hydrogen (secondary N) is 1. The Balaban J connectivity index is 1.77. The van der Waals surface area contributed by atoms with Crippen molar-refractivity contribution in [2.45, 2.75) is 45.1 Å². The standard InChI is InChI=1S/C22H33N3O3/c1-16(2)6-5-10-24-14-17-12-18(15-24)20(13-23-21(26)9-11-28-3)25-19(17)7-4-8-22(25)27/h4,6-8,17-18,20H,5,9-15H2,1-3H3,(H,23,26)/t17-,18+,20+/m1/s1. The van der Waals surface area contributed by atoms with Gasteiger partial charge in [0.1, 0.15) is 0 Å². The van der Waals surface area contributed by atoms with Crippen molar-refractivity contribution in [1.29, 1.82) is 0 Å². The van der Waals surface area contributed by atoms with Crippen molar-refractivity contribution in [2.24, 2.45) is 5.92 Å². The number of carbonyl (C=O) groups is 1.